The van der Waals surface area contributed by atoms with Crippen molar-refractivity contribution in [3.05, 3.63) is 42.5 Å². The maximum atomic E-state index is 11.6. The van der Waals surface area contributed by atoms with Crippen molar-refractivity contribution >= 4 is 5.91 Å². The summed E-state index contributed by atoms with van der Waals surface area (Å²) in [5.74, 6) is 0.502. The Morgan fingerprint density at radius 2 is 2.11 bits per heavy atom. The molecule has 0 aliphatic carbocycles. The minimum Gasteiger partial charge on any atom is -0.481 e. The molecule has 0 fully saturated rings. The summed E-state index contributed by atoms with van der Waals surface area (Å²) in [5.41, 5.74) is 7.00. The van der Waals surface area contributed by atoms with Crippen molar-refractivity contribution in [3.8, 4) is 5.75 Å². The fraction of sp³-hybridized carbons (Fsp3) is 0.400. The quantitative estimate of drug-likeness (QED) is 0.740. The molecule has 0 bridgehead atoms. The number of carbonyl (C=O) groups is 1. The summed E-state index contributed by atoms with van der Waals surface area (Å²) in [4.78, 5) is 11.6. The monoisotopic (exact) mass is 262 g/mol. The van der Waals surface area contributed by atoms with Crippen LogP contribution in [-0.4, -0.2) is 18.6 Å². The van der Waals surface area contributed by atoms with Gasteiger partial charge < -0.3 is 15.8 Å². The summed E-state index contributed by atoms with van der Waals surface area (Å²) in [5, 5.41) is 2.69. The van der Waals surface area contributed by atoms with Crippen LogP contribution in [0.3, 0.4) is 0 Å². The first-order chi connectivity index (χ1) is 9.08. The number of carbonyl (C=O) groups excluding carboxylic acids is 1. The molecule has 0 saturated carbocycles. The van der Waals surface area contributed by atoms with Crippen molar-refractivity contribution in [2.24, 2.45) is 5.73 Å². The molecule has 19 heavy (non-hydrogen) atoms. The molecule has 4 nitrogen and oxygen atoms in total. The first-order valence-corrected chi connectivity index (χ1v) is 6.49. The maximum Gasteiger partial charge on any atom is 0.261 e. The number of hydrogen-bond donors (Lipinski definition) is 2. The predicted octanol–water partition coefficient (Wildman–Crippen LogP) is 2.17. The average Bonchev–Trinajstić information content (AvgIpc) is 2.44. The minimum atomic E-state index is -0.536. The lowest BCUT2D eigenvalue weighted by atomic mass is 10.1. The Balaban J connectivity index is 2.57. The lowest BCUT2D eigenvalue weighted by Crippen LogP contribution is -2.36. The second-order valence-electron chi connectivity index (χ2n) is 4.38. The van der Waals surface area contributed by atoms with Crippen LogP contribution in [0.4, 0.5) is 0 Å². The van der Waals surface area contributed by atoms with E-state index in [1.807, 2.05) is 31.2 Å². The lowest BCUT2D eigenvalue weighted by Gasteiger charge is -2.15. The summed E-state index contributed by atoms with van der Waals surface area (Å²) >= 11 is 0. The molecule has 0 saturated heterocycles. The third kappa shape index (κ3) is 4.75. The molecule has 0 radical (unpaired) electrons. The molecule has 0 aromatic heterocycles. The van der Waals surface area contributed by atoms with Crippen molar-refractivity contribution in [1.82, 2.24) is 5.32 Å². The predicted molar refractivity (Wildman–Crippen MR) is 77.0 cm³/mol. The normalized spacial score (nSPS) is 13.4. The Kier molecular flexibility index (Phi) is 6.09. The number of rotatable bonds is 7. The molecule has 2 atom stereocenters. The van der Waals surface area contributed by atoms with E-state index in [0.717, 1.165) is 12.0 Å². The zero-order chi connectivity index (χ0) is 14.3. The summed E-state index contributed by atoms with van der Waals surface area (Å²) < 4.78 is 5.55. The van der Waals surface area contributed by atoms with Crippen LogP contribution in [0.1, 0.15) is 31.9 Å². The number of ether oxygens (including phenoxy) is 1. The van der Waals surface area contributed by atoms with E-state index < -0.39 is 6.10 Å². The second-order valence-corrected chi connectivity index (χ2v) is 4.38. The van der Waals surface area contributed by atoms with Gasteiger partial charge in [-0.15, -0.1) is 6.58 Å². The van der Waals surface area contributed by atoms with E-state index in [1.165, 1.54) is 0 Å². The molecule has 3 N–H and O–H groups in total. The van der Waals surface area contributed by atoms with Crippen LogP contribution >= 0.6 is 0 Å². The fourth-order valence-electron chi connectivity index (χ4n) is 1.60. The van der Waals surface area contributed by atoms with Crippen molar-refractivity contribution < 1.29 is 9.53 Å². The number of nitrogens with one attached hydrogen (secondary N) is 1. The van der Waals surface area contributed by atoms with Crippen LogP contribution in [0.5, 0.6) is 5.75 Å². The SMILES string of the molecule is C=CCNC(=O)C(C)Oc1ccc([C@H](N)CC)cc1. The highest BCUT2D eigenvalue weighted by atomic mass is 16.5. The minimum absolute atomic E-state index is 0.0439. The maximum absolute atomic E-state index is 11.6. The summed E-state index contributed by atoms with van der Waals surface area (Å²) in [6.45, 7) is 7.74. The van der Waals surface area contributed by atoms with Gasteiger partial charge >= 0.3 is 0 Å². The van der Waals surface area contributed by atoms with Crippen molar-refractivity contribution in [2.45, 2.75) is 32.4 Å². The molecule has 4 heteroatoms. The van der Waals surface area contributed by atoms with Crippen LogP contribution in [0.2, 0.25) is 0 Å². The van der Waals surface area contributed by atoms with Gasteiger partial charge in [-0.25, -0.2) is 0 Å². The molecule has 0 aliphatic rings. The Morgan fingerprint density at radius 1 is 1.47 bits per heavy atom. The molecule has 104 valence electrons. The van der Waals surface area contributed by atoms with Crippen LogP contribution in [-0.2, 0) is 4.79 Å². The van der Waals surface area contributed by atoms with Gasteiger partial charge in [-0.1, -0.05) is 25.1 Å². The van der Waals surface area contributed by atoms with Crippen LogP contribution in [0.25, 0.3) is 0 Å². The Labute approximate surface area is 114 Å². The van der Waals surface area contributed by atoms with E-state index in [4.69, 9.17) is 10.5 Å². The fourth-order valence-corrected chi connectivity index (χ4v) is 1.60. The zero-order valence-electron chi connectivity index (χ0n) is 11.6. The number of amides is 1. The van der Waals surface area contributed by atoms with E-state index in [-0.39, 0.29) is 11.9 Å². The van der Waals surface area contributed by atoms with Gasteiger partial charge in [0.15, 0.2) is 6.10 Å². The van der Waals surface area contributed by atoms with Crippen LogP contribution < -0.4 is 15.8 Å². The Morgan fingerprint density at radius 3 is 2.63 bits per heavy atom. The summed E-state index contributed by atoms with van der Waals surface area (Å²) in [6.07, 6.45) is 1.98. The first-order valence-electron chi connectivity index (χ1n) is 6.49. The molecule has 1 amide bonds. The molecule has 0 heterocycles. The molecular formula is C15H22N2O2. The molecule has 1 unspecified atom stereocenters. The van der Waals surface area contributed by atoms with Crippen molar-refractivity contribution in [1.29, 1.82) is 0 Å². The molecule has 1 aromatic rings. The van der Waals surface area contributed by atoms with Gasteiger partial charge in [0.2, 0.25) is 0 Å². The van der Waals surface area contributed by atoms with Gasteiger partial charge in [0.05, 0.1) is 0 Å². The van der Waals surface area contributed by atoms with E-state index >= 15 is 0 Å². The third-order valence-electron chi connectivity index (χ3n) is 2.85. The standard InChI is InChI=1S/C15H22N2O2/c1-4-10-17-15(18)11(3)19-13-8-6-12(7-9-13)14(16)5-2/h4,6-9,11,14H,1,5,10,16H2,2-3H3,(H,17,18)/t11?,14-/m1/s1. The zero-order valence-corrected chi connectivity index (χ0v) is 11.6. The highest BCUT2D eigenvalue weighted by molar-refractivity contribution is 5.80. The average molecular weight is 262 g/mol. The highest BCUT2D eigenvalue weighted by Gasteiger charge is 2.13. The Bertz CT molecular complexity index is 415. The molecule has 1 aromatic carbocycles. The number of nitrogens with two attached hydrogens (primary N) is 1. The van der Waals surface area contributed by atoms with Crippen LogP contribution in [0.15, 0.2) is 36.9 Å². The van der Waals surface area contributed by atoms with Gasteiger partial charge in [0.1, 0.15) is 5.75 Å². The highest BCUT2D eigenvalue weighted by Crippen LogP contribution is 2.19. The smallest absolute Gasteiger partial charge is 0.261 e. The van der Waals surface area contributed by atoms with Gasteiger partial charge in [-0.05, 0) is 31.0 Å². The summed E-state index contributed by atoms with van der Waals surface area (Å²) in [7, 11) is 0. The van der Waals surface area contributed by atoms with E-state index in [2.05, 4.69) is 11.9 Å². The first kappa shape index (κ1) is 15.2. The lowest BCUT2D eigenvalue weighted by molar-refractivity contribution is -0.127. The van der Waals surface area contributed by atoms with E-state index in [0.29, 0.717) is 12.3 Å². The second kappa shape index (κ2) is 7.59. The van der Waals surface area contributed by atoms with Gasteiger partial charge in [-0.2, -0.15) is 0 Å². The van der Waals surface area contributed by atoms with Gasteiger partial charge in [-0.3, -0.25) is 4.79 Å². The Hall–Kier alpha value is -1.81. The van der Waals surface area contributed by atoms with Crippen molar-refractivity contribution in [2.75, 3.05) is 6.54 Å². The number of benzene rings is 1. The largest absolute Gasteiger partial charge is 0.481 e. The number of hydrogen-bond acceptors (Lipinski definition) is 3. The van der Waals surface area contributed by atoms with Gasteiger partial charge in [0.25, 0.3) is 5.91 Å². The molecular weight excluding hydrogens is 240 g/mol. The topological polar surface area (TPSA) is 64.3 Å². The van der Waals surface area contributed by atoms with E-state index in [1.54, 1.807) is 13.0 Å². The van der Waals surface area contributed by atoms with E-state index in [9.17, 15) is 4.79 Å². The van der Waals surface area contributed by atoms with Crippen LogP contribution in [0, 0.1) is 0 Å². The summed E-state index contributed by atoms with van der Waals surface area (Å²) in [6, 6.07) is 7.57. The molecule has 0 aliphatic heterocycles. The third-order valence-corrected chi connectivity index (χ3v) is 2.85. The molecule has 0 spiro atoms. The van der Waals surface area contributed by atoms with Crippen molar-refractivity contribution in [3.63, 3.8) is 0 Å². The molecule has 1 rings (SSSR count). The van der Waals surface area contributed by atoms with Gasteiger partial charge in [0, 0.05) is 12.6 Å².